The minimum absolute atomic E-state index is 0.0825. The summed E-state index contributed by atoms with van der Waals surface area (Å²) in [6.07, 6.45) is 0.849. The van der Waals surface area contributed by atoms with Crippen molar-refractivity contribution >= 4 is 34.8 Å². The van der Waals surface area contributed by atoms with Crippen molar-refractivity contribution in [2.24, 2.45) is 0 Å². The summed E-state index contributed by atoms with van der Waals surface area (Å²) in [6, 6.07) is 18.8. The quantitative estimate of drug-likeness (QED) is 0.749. The zero-order valence-corrected chi connectivity index (χ0v) is 16.1. The van der Waals surface area contributed by atoms with Gasteiger partial charge in [0, 0.05) is 18.8 Å². The normalized spacial score (nSPS) is 16.7. The van der Waals surface area contributed by atoms with E-state index in [-0.39, 0.29) is 18.2 Å². The summed E-state index contributed by atoms with van der Waals surface area (Å²) in [4.78, 5) is 28.7. The second-order valence-corrected chi connectivity index (χ2v) is 6.79. The third-order valence-corrected chi connectivity index (χ3v) is 5.10. The van der Waals surface area contributed by atoms with E-state index in [1.54, 1.807) is 4.90 Å². The first-order chi connectivity index (χ1) is 13.1. The maximum Gasteiger partial charge on any atom is 0.252 e. The van der Waals surface area contributed by atoms with Crippen molar-refractivity contribution < 1.29 is 9.59 Å². The lowest BCUT2D eigenvalue weighted by Gasteiger charge is -2.23. The molecular formula is C21H23N3O2S. The number of hydrogen-bond donors (Lipinski definition) is 1. The molecule has 1 saturated heterocycles. The molecule has 0 spiro atoms. The Bertz CT molecular complexity index is 811. The van der Waals surface area contributed by atoms with E-state index < -0.39 is 6.04 Å². The zero-order chi connectivity index (χ0) is 19.2. The molecule has 3 rings (SSSR count). The van der Waals surface area contributed by atoms with Crippen LogP contribution in [-0.2, 0) is 16.0 Å². The van der Waals surface area contributed by atoms with Crippen molar-refractivity contribution in [1.82, 2.24) is 9.80 Å². The Kier molecular flexibility index (Phi) is 6.19. The molecule has 2 aromatic rings. The molecule has 27 heavy (non-hydrogen) atoms. The maximum atomic E-state index is 12.8. The standard InChI is InChI=1S/C21H23N3O2S/c1-2-23-20(26)18(15-19(25)22-17-11-7-4-8-12-17)24(21(23)27)14-13-16-9-5-3-6-10-16/h3-12,18H,2,13-15H2,1H3,(H,22,25)/t18-/m0/s1. The van der Waals surface area contributed by atoms with E-state index in [1.165, 1.54) is 5.56 Å². The summed E-state index contributed by atoms with van der Waals surface area (Å²) in [5.41, 5.74) is 1.90. The monoisotopic (exact) mass is 381 g/mol. The largest absolute Gasteiger partial charge is 0.336 e. The van der Waals surface area contributed by atoms with Crippen LogP contribution in [0.5, 0.6) is 0 Å². The molecule has 0 aliphatic carbocycles. The minimum atomic E-state index is -0.551. The molecule has 0 bridgehead atoms. The molecule has 140 valence electrons. The number of hydrogen-bond acceptors (Lipinski definition) is 3. The number of nitrogens with one attached hydrogen (secondary N) is 1. The van der Waals surface area contributed by atoms with Gasteiger partial charge in [0.15, 0.2) is 5.11 Å². The van der Waals surface area contributed by atoms with Crippen LogP contribution in [0.15, 0.2) is 60.7 Å². The van der Waals surface area contributed by atoms with Crippen LogP contribution in [0, 0.1) is 0 Å². The molecule has 1 aliphatic rings. The smallest absolute Gasteiger partial charge is 0.252 e. The highest BCUT2D eigenvalue weighted by Gasteiger charge is 2.42. The van der Waals surface area contributed by atoms with Crippen molar-refractivity contribution in [2.45, 2.75) is 25.8 Å². The molecule has 1 aliphatic heterocycles. The minimum Gasteiger partial charge on any atom is -0.336 e. The molecule has 1 N–H and O–H groups in total. The van der Waals surface area contributed by atoms with Gasteiger partial charge < -0.3 is 10.2 Å². The third kappa shape index (κ3) is 4.52. The van der Waals surface area contributed by atoms with Gasteiger partial charge in [-0.05, 0) is 43.3 Å². The summed E-state index contributed by atoms with van der Waals surface area (Å²) in [6.45, 7) is 3.01. The fraction of sp³-hybridized carbons (Fsp3) is 0.286. The Morgan fingerprint density at radius 2 is 1.70 bits per heavy atom. The Morgan fingerprint density at radius 3 is 2.33 bits per heavy atom. The first kappa shape index (κ1) is 19.0. The van der Waals surface area contributed by atoms with Gasteiger partial charge in [-0.3, -0.25) is 14.5 Å². The molecule has 1 fully saturated rings. The number of amides is 2. The number of likely N-dealkylation sites (N-methyl/N-ethyl adjacent to an activating group) is 1. The van der Waals surface area contributed by atoms with Gasteiger partial charge in [0.1, 0.15) is 6.04 Å². The van der Waals surface area contributed by atoms with E-state index in [0.717, 1.165) is 12.1 Å². The molecule has 0 radical (unpaired) electrons. The lowest BCUT2D eigenvalue weighted by atomic mass is 10.1. The van der Waals surface area contributed by atoms with Gasteiger partial charge in [0.2, 0.25) is 5.91 Å². The Morgan fingerprint density at radius 1 is 1.07 bits per heavy atom. The van der Waals surface area contributed by atoms with Gasteiger partial charge in [0.25, 0.3) is 5.91 Å². The molecule has 1 heterocycles. The third-order valence-electron chi connectivity index (χ3n) is 4.64. The highest BCUT2D eigenvalue weighted by molar-refractivity contribution is 7.80. The van der Waals surface area contributed by atoms with Crippen LogP contribution < -0.4 is 5.32 Å². The Balaban J connectivity index is 1.70. The molecule has 0 saturated carbocycles. The van der Waals surface area contributed by atoms with E-state index in [1.807, 2.05) is 60.4 Å². The Labute approximate surface area is 165 Å². The summed E-state index contributed by atoms with van der Waals surface area (Å²) < 4.78 is 0. The van der Waals surface area contributed by atoms with Crippen molar-refractivity contribution in [3.8, 4) is 0 Å². The second-order valence-electron chi connectivity index (χ2n) is 6.43. The Hall–Kier alpha value is -2.73. The highest BCUT2D eigenvalue weighted by Crippen LogP contribution is 2.22. The van der Waals surface area contributed by atoms with Crippen molar-refractivity contribution in [2.75, 3.05) is 18.4 Å². The summed E-state index contributed by atoms with van der Waals surface area (Å²) >= 11 is 5.51. The SMILES string of the molecule is CCN1C(=O)[C@H](CC(=O)Nc2ccccc2)N(CCc2ccccc2)C1=S. The van der Waals surface area contributed by atoms with Crippen LogP contribution in [0.3, 0.4) is 0 Å². The van der Waals surface area contributed by atoms with Crippen LogP contribution in [0.1, 0.15) is 18.9 Å². The predicted octanol–water partition coefficient (Wildman–Crippen LogP) is 3.08. The van der Waals surface area contributed by atoms with Crippen LogP contribution in [0.25, 0.3) is 0 Å². The number of carbonyl (C=O) groups excluding carboxylic acids is 2. The zero-order valence-electron chi connectivity index (χ0n) is 15.3. The molecule has 1 atom stereocenters. The number of rotatable bonds is 7. The van der Waals surface area contributed by atoms with Crippen LogP contribution in [0.4, 0.5) is 5.69 Å². The fourth-order valence-corrected chi connectivity index (χ4v) is 3.68. The van der Waals surface area contributed by atoms with Crippen molar-refractivity contribution in [3.63, 3.8) is 0 Å². The van der Waals surface area contributed by atoms with Crippen LogP contribution >= 0.6 is 12.2 Å². The van der Waals surface area contributed by atoms with Crippen LogP contribution in [0.2, 0.25) is 0 Å². The summed E-state index contributed by atoms with van der Waals surface area (Å²) in [5, 5.41) is 3.36. The van der Waals surface area contributed by atoms with Gasteiger partial charge in [-0.2, -0.15) is 0 Å². The summed E-state index contributed by atoms with van der Waals surface area (Å²) in [5.74, 6) is -0.288. The van der Waals surface area contributed by atoms with E-state index >= 15 is 0 Å². The topological polar surface area (TPSA) is 52.7 Å². The number of anilines is 1. The molecule has 5 nitrogen and oxygen atoms in total. The number of para-hydroxylation sites is 1. The molecule has 2 amide bonds. The highest BCUT2D eigenvalue weighted by atomic mass is 32.1. The van der Waals surface area contributed by atoms with Gasteiger partial charge in [-0.25, -0.2) is 0 Å². The lowest BCUT2D eigenvalue weighted by Crippen LogP contribution is -2.39. The van der Waals surface area contributed by atoms with E-state index in [4.69, 9.17) is 12.2 Å². The number of thiocarbonyl (C=S) groups is 1. The van der Waals surface area contributed by atoms with Crippen molar-refractivity contribution in [3.05, 3.63) is 66.2 Å². The van der Waals surface area contributed by atoms with Crippen molar-refractivity contribution in [1.29, 1.82) is 0 Å². The first-order valence-electron chi connectivity index (χ1n) is 9.11. The molecule has 0 aromatic heterocycles. The lowest BCUT2D eigenvalue weighted by molar-refractivity contribution is -0.130. The second kappa shape index (κ2) is 8.77. The molecule has 2 aromatic carbocycles. The average molecular weight is 382 g/mol. The van der Waals surface area contributed by atoms with E-state index in [9.17, 15) is 9.59 Å². The molecular weight excluding hydrogens is 358 g/mol. The predicted molar refractivity (Wildman–Crippen MR) is 110 cm³/mol. The number of nitrogens with zero attached hydrogens (tertiary/aromatic N) is 2. The number of carbonyl (C=O) groups is 2. The fourth-order valence-electron chi connectivity index (χ4n) is 3.24. The average Bonchev–Trinajstić information content (AvgIpc) is 2.90. The number of benzene rings is 2. The van der Waals surface area contributed by atoms with E-state index in [2.05, 4.69) is 17.4 Å². The van der Waals surface area contributed by atoms with Gasteiger partial charge in [-0.15, -0.1) is 0 Å². The van der Waals surface area contributed by atoms with Crippen LogP contribution in [-0.4, -0.2) is 45.9 Å². The maximum absolute atomic E-state index is 12.8. The van der Waals surface area contributed by atoms with Gasteiger partial charge >= 0.3 is 0 Å². The molecule has 0 unspecified atom stereocenters. The molecule has 6 heteroatoms. The van der Waals surface area contributed by atoms with E-state index in [0.29, 0.717) is 18.2 Å². The van der Waals surface area contributed by atoms with Gasteiger partial charge in [-0.1, -0.05) is 48.5 Å². The van der Waals surface area contributed by atoms with Gasteiger partial charge in [0.05, 0.1) is 6.42 Å². The first-order valence-corrected chi connectivity index (χ1v) is 9.51. The summed E-state index contributed by atoms with van der Waals surface area (Å²) in [7, 11) is 0.